The van der Waals surface area contributed by atoms with Crippen molar-refractivity contribution in [3.63, 3.8) is 0 Å². The molecule has 1 rings (SSSR count). The Kier molecular flexibility index (Phi) is 3.39. The molecule has 0 amide bonds. The van der Waals surface area contributed by atoms with Gasteiger partial charge in [-0.2, -0.15) is 0 Å². The maximum Gasteiger partial charge on any atom is 0.114 e. The molecule has 0 saturated heterocycles. The Morgan fingerprint density at radius 1 is 1.25 bits per heavy atom. The number of hydrogen-bond acceptors (Lipinski definition) is 0. The number of allylic oxidation sites excluding steroid dienone is 6. The Balaban J connectivity index is 2.95. The lowest BCUT2D eigenvalue weighted by Gasteiger charge is -2.18. The summed E-state index contributed by atoms with van der Waals surface area (Å²) in [5.74, 6) is 0. The van der Waals surface area contributed by atoms with Crippen LogP contribution < -0.4 is 0 Å². The van der Waals surface area contributed by atoms with E-state index in [1.54, 1.807) is 0 Å². The predicted octanol–water partition coefficient (Wildman–Crippen LogP) is 3.12. The van der Waals surface area contributed by atoms with Crippen LogP contribution in [0.25, 0.3) is 0 Å². The molecule has 0 bridgehead atoms. The van der Waals surface area contributed by atoms with E-state index in [0.29, 0.717) is 0 Å². The molecule has 2 radical (unpaired) electrons. The van der Waals surface area contributed by atoms with E-state index in [4.69, 9.17) is 7.85 Å². The van der Waals surface area contributed by atoms with Gasteiger partial charge in [-0.25, -0.2) is 0 Å². The molecule has 0 aromatic rings. The van der Waals surface area contributed by atoms with Crippen LogP contribution in [0.3, 0.4) is 0 Å². The minimum absolute atomic E-state index is 1.00. The van der Waals surface area contributed by atoms with E-state index in [-0.39, 0.29) is 0 Å². The smallest absolute Gasteiger partial charge is 0.0907 e. The van der Waals surface area contributed by atoms with Crippen LogP contribution in [0.5, 0.6) is 0 Å². The first-order chi connectivity index (χ1) is 5.79. The maximum atomic E-state index is 5.98. The number of hydrogen-bond donors (Lipinski definition) is 0. The SMILES string of the molecule is [B]C1=C(C=CC)CCCC1=CC. The Bertz CT molecular complexity index is 244. The molecule has 0 aliphatic heterocycles. The third-order valence-electron chi connectivity index (χ3n) is 2.30. The van der Waals surface area contributed by atoms with Crippen LogP contribution in [0.15, 0.2) is 34.8 Å². The molecule has 1 heteroatoms. The summed E-state index contributed by atoms with van der Waals surface area (Å²) in [4.78, 5) is 0. The monoisotopic (exact) mass is 158 g/mol. The normalized spacial score (nSPS) is 22.7. The van der Waals surface area contributed by atoms with Gasteiger partial charge in [0, 0.05) is 0 Å². The second-order valence-electron chi connectivity index (χ2n) is 3.11. The van der Waals surface area contributed by atoms with Crippen LogP contribution in [0, 0.1) is 0 Å². The summed E-state index contributed by atoms with van der Waals surface area (Å²) in [6, 6.07) is 0. The van der Waals surface area contributed by atoms with Crippen LogP contribution in [0.4, 0.5) is 0 Å². The van der Waals surface area contributed by atoms with Gasteiger partial charge in [0.1, 0.15) is 7.85 Å². The summed E-state index contributed by atoms with van der Waals surface area (Å²) in [6.45, 7) is 4.09. The first-order valence-electron chi connectivity index (χ1n) is 4.56. The fourth-order valence-electron chi connectivity index (χ4n) is 1.62. The highest BCUT2D eigenvalue weighted by Crippen LogP contribution is 2.27. The highest BCUT2D eigenvalue weighted by atomic mass is 14.1. The van der Waals surface area contributed by atoms with Gasteiger partial charge in [-0.15, -0.1) is 0 Å². The van der Waals surface area contributed by atoms with Crippen LogP contribution in [0.2, 0.25) is 0 Å². The van der Waals surface area contributed by atoms with Crippen molar-refractivity contribution < 1.29 is 0 Å². The zero-order valence-corrected chi connectivity index (χ0v) is 7.93. The fourth-order valence-corrected chi connectivity index (χ4v) is 1.62. The molecule has 0 unspecified atom stereocenters. The largest absolute Gasteiger partial charge is 0.114 e. The lowest BCUT2D eigenvalue weighted by atomic mass is 9.76. The van der Waals surface area contributed by atoms with Gasteiger partial charge in [0.15, 0.2) is 0 Å². The van der Waals surface area contributed by atoms with Gasteiger partial charge in [0.05, 0.1) is 0 Å². The molecular weight excluding hydrogens is 143 g/mol. The summed E-state index contributed by atoms with van der Waals surface area (Å²) in [7, 11) is 5.98. The summed E-state index contributed by atoms with van der Waals surface area (Å²) < 4.78 is 0. The molecule has 12 heavy (non-hydrogen) atoms. The zero-order chi connectivity index (χ0) is 8.97. The molecule has 0 nitrogen and oxygen atoms in total. The van der Waals surface area contributed by atoms with Crippen LogP contribution in [0.1, 0.15) is 33.1 Å². The van der Waals surface area contributed by atoms with Crippen molar-refractivity contribution in [3.8, 4) is 0 Å². The highest BCUT2D eigenvalue weighted by Gasteiger charge is 2.09. The van der Waals surface area contributed by atoms with Crippen LogP contribution >= 0.6 is 0 Å². The number of rotatable bonds is 1. The van der Waals surface area contributed by atoms with Crippen LogP contribution in [-0.4, -0.2) is 7.85 Å². The predicted molar refractivity (Wildman–Crippen MR) is 55.2 cm³/mol. The van der Waals surface area contributed by atoms with Gasteiger partial charge in [-0.1, -0.05) is 34.8 Å². The molecule has 0 aromatic heterocycles. The first-order valence-corrected chi connectivity index (χ1v) is 4.56. The second-order valence-corrected chi connectivity index (χ2v) is 3.11. The van der Waals surface area contributed by atoms with Gasteiger partial charge in [0.2, 0.25) is 0 Å². The highest BCUT2D eigenvalue weighted by molar-refractivity contribution is 6.25. The van der Waals surface area contributed by atoms with Crippen molar-refractivity contribution in [3.05, 3.63) is 34.8 Å². The van der Waals surface area contributed by atoms with Crippen molar-refractivity contribution >= 4 is 7.85 Å². The van der Waals surface area contributed by atoms with Gasteiger partial charge >= 0.3 is 0 Å². The molecule has 0 saturated carbocycles. The summed E-state index contributed by atoms with van der Waals surface area (Å²) in [6.07, 6.45) is 9.81. The quantitative estimate of drug-likeness (QED) is 0.514. The average Bonchev–Trinajstić information content (AvgIpc) is 2.09. The van der Waals surface area contributed by atoms with E-state index < -0.39 is 0 Å². The van der Waals surface area contributed by atoms with Crippen molar-refractivity contribution in [1.82, 2.24) is 0 Å². The minimum atomic E-state index is 1.00. The van der Waals surface area contributed by atoms with Gasteiger partial charge in [-0.05, 0) is 33.1 Å². The van der Waals surface area contributed by atoms with Gasteiger partial charge < -0.3 is 0 Å². The van der Waals surface area contributed by atoms with E-state index in [1.807, 2.05) is 6.92 Å². The van der Waals surface area contributed by atoms with E-state index in [2.05, 4.69) is 25.2 Å². The fraction of sp³-hybridized carbons (Fsp3) is 0.455. The van der Waals surface area contributed by atoms with Crippen molar-refractivity contribution in [2.75, 3.05) is 0 Å². The summed E-state index contributed by atoms with van der Waals surface area (Å²) >= 11 is 0. The molecule has 0 spiro atoms. The first kappa shape index (κ1) is 9.37. The third kappa shape index (κ3) is 1.91. The minimum Gasteiger partial charge on any atom is -0.0907 e. The lowest BCUT2D eigenvalue weighted by Crippen LogP contribution is -2.01. The zero-order valence-electron chi connectivity index (χ0n) is 7.93. The molecule has 0 heterocycles. The molecule has 0 atom stereocenters. The average molecular weight is 158 g/mol. The maximum absolute atomic E-state index is 5.98. The van der Waals surface area contributed by atoms with E-state index in [0.717, 1.165) is 18.3 Å². The summed E-state index contributed by atoms with van der Waals surface area (Å²) in [5.41, 5.74) is 3.62. The topological polar surface area (TPSA) is 0 Å². The van der Waals surface area contributed by atoms with Crippen molar-refractivity contribution in [2.24, 2.45) is 0 Å². The van der Waals surface area contributed by atoms with E-state index in [9.17, 15) is 0 Å². The molecule has 0 aromatic carbocycles. The molecular formula is C11H15B. The van der Waals surface area contributed by atoms with Gasteiger partial charge in [-0.3, -0.25) is 0 Å². The Labute approximate surface area is 76.5 Å². The Morgan fingerprint density at radius 2 is 2.00 bits per heavy atom. The van der Waals surface area contributed by atoms with E-state index >= 15 is 0 Å². The Hall–Kier alpha value is -0.715. The molecule has 62 valence electrons. The molecule has 1 aliphatic rings. The van der Waals surface area contributed by atoms with E-state index in [1.165, 1.54) is 17.6 Å². The Morgan fingerprint density at radius 3 is 2.58 bits per heavy atom. The third-order valence-corrected chi connectivity index (χ3v) is 2.30. The van der Waals surface area contributed by atoms with Crippen LogP contribution in [-0.2, 0) is 0 Å². The van der Waals surface area contributed by atoms with Crippen molar-refractivity contribution in [2.45, 2.75) is 33.1 Å². The molecule has 1 aliphatic carbocycles. The van der Waals surface area contributed by atoms with Crippen molar-refractivity contribution in [1.29, 1.82) is 0 Å². The molecule has 0 fully saturated rings. The standard InChI is InChI=1S/C11H15B/c1-3-6-10-8-5-7-9(4-2)11(10)12/h3-4,6H,5,7-8H2,1-2H3. The van der Waals surface area contributed by atoms with Gasteiger partial charge in [0.25, 0.3) is 0 Å². The second kappa shape index (κ2) is 4.35. The molecule has 0 N–H and O–H groups in total. The summed E-state index contributed by atoms with van der Waals surface area (Å²) in [5, 5.41) is 0. The lowest BCUT2D eigenvalue weighted by molar-refractivity contribution is 0.790.